The Kier molecular flexibility index (Phi) is 3.26. The highest BCUT2D eigenvalue weighted by Gasteiger charge is 2.57. The lowest BCUT2D eigenvalue weighted by Crippen LogP contribution is -2.59. The van der Waals surface area contributed by atoms with Crippen LogP contribution in [0.25, 0.3) is 0 Å². The molecule has 0 aromatic rings. The molecule has 0 saturated carbocycles. The number of carbonyl (C=O) groups is 2. The van der Waals surface area contributed by atoms with Crippen LogP contribution in [0.15, 0.2) is 0 Å². The number of halogens is 1. The SMILES string of the molecule is C[C@@]1(F)[C@H](O)[C@@H](CO)O[C@H]1N1CCC(=O)NC1=O. The number of nitrogens with zero attached hydrogens (tertiary/aromatic N) is 1. The van der Waals surface area contributed by atoms with E-state index < -0.39 is 42.6 Å². The van der Waals surface area contributed by atoms with Crippen LogP contribution in [-0.2, 0) is 9.53 Å². The molecule has 2 rings (SSSR count). The molecule has 102 valence electrons. The van der Waals surface area contributed by atoms with E-state index in [1.165, 1.54) is 0 Å². The number of carbonyl (C=O) groups excluding carboxylic acids is 2. The van der Waals surface area contributed by atoms with Gasteiger partial charge in [0.05, 0.1) is 6.61 Å². The zero-order valence-electron chi connectivity index (χ0n) is 9.80. The fourth-order valence-electron chi connectivity index (χ4n) is 2.20. The van der Waals surface area contributed by atoms with Crippen molar-refractivity contribution in [2.45, 2.75) is 37.4 Å². The second kappa shape index (κ2) is 4.45. The average Bonchev–Trinajstić information content (AvgIpc) is 2.52. The first-order chi connectivity index (χ1) is 8.37. The highest BCUT2D eigenvalue weighted by molar-refractivity contribution is 5.96. The second-order valence-electron chi connectivity index (χ2n) is 4.60. The highest BCUT2D eigenvalue weighted by atomic mass is 19.1. The number of amides is 3. The van der Waals surface area contributed by atoms with Crippen LogP contribution in [-0.4, -0.2) is 64.3 Å². The summed E-state index contributed by atoms with van der Waals surface area (Å²) in [4.78, 5) is 23.6. The van der Waals surface area contributed by atoms with Crippen molar-refractivity contribution in [3.8, 4) is 0 Å². The molecule has 3 amide bonds. The number of hydrogen-bond donors (Lipinski definition) is 3. The molecule has 0 aromatic heterocycles. The van der Waals surface area contributed by atoms with Crippen LogP contribution in [0.1, 0.15) is 13.3 Å². The van der Waals surface area contributed by atoms with Gasteiger partial charge in [0.15, 0.2) is 11.9 Å². The number of hydrogen-bond acceptors (Lipinski definition) is 5. The lowest BCUT2D eigenvalue weighted by Gasteiger charge is -2.35. The molecule has 0 bridgehead atoms. The molecule has 3 N–H and O–H groups in total. The first kappa shape index (κ1) is 13.2. The third-order valence-electron chi connectivity index (χ3n) is 3.27. The molecule has 2 saturated heterocycles. The molecular weight excluding hydrogens is 247 g/mol. The van der Waals surface area contributed by atoms with Gasteiger partial charge >= 0.3 is 6.03 Å². The van der Waals surface area contributed by atoms with E-state index in [4.69, 9.17) is 9.84 Å². The summed E-state index contributed by atoms with van der Waals surface area (Å²) in [6.45, 7) is 0.562. The van der Waals surface area contributed by atoms with Crippen LogP contribution < -0.4 is 5.32 Å². The molecule has 2 fully saturated rings. The highest BCUT2D eigenvalue weighted by Crippen LogP contribution is 2.36. The minimum Gasteiger partial charge on any atom is -0.394 e. The van der Waals surface area contributed by atoms with Gasteiger partial charge in [-0.3, -0.25) is 15.0 Å². The number of aliphatic hydroxyl groups is 2. The zero-order valence-corrected chi connectivity index (χ0v) is 9.80. The third kappa shape index (κ3) is 1.96. The van der Waals surface area contributed by atoms with Crippen LogP contribution in [0.3, 0.4) is 0 Å². The van der Waals surface area contributed by atoms with Crippen molar-refractivity contribution in [3.63, 3.8) is 0 Å². The van der Waals surface area contributed by atoms with Gasteiger partial charge in [0.1, 0.15) is 12.2 Å². The predicted octanol–water partition coefficient (Wildman–Crippen LogP) is -1.27. The standard InChI is InChI=1S/C10H15FN2O5/c1-10(11)7(16)5(4-14)18-8(10)13-3-2-6(15)12-9(13)17/h5,7-8,14,16H,2-4H2,1H3,(H,12,15,17)/t5-,7-,8-,10-/m1/s1. The van der Waals surface area contributed by atoms with Crippen molar-refractivity contribution in [2.75, 3.05) is 13.2 Å². The van der Waals surface area contributed by atoms with E-state index in [-0.39, 0.29) is 13.0 Å². The fraction of sp³-hybridized carbons (Fsp3) is 0.800. The number of ether oxygens (including phenoxy) is 1. The quantitative estimate of drug-likeness (QED) is 0.576. The van der Waals surface area contributed by atoms with Gasteiger partial charge in [0.2, 0.25) is 5.91 Å². The Morgan fingerprint density at radius 2 is 2.28 bits per heavy atom. The average molecular weight is 262 g/mol. The molecule has 4 atom stereocenters. The van der Waals surface area contributed by atoms with Gasteiger partial charge in [0.25, 0.3) is 0 Å². The topological polar surface area (TPSA) is 99.1 Å². The van der Waals surface area contributed by atoms with Gasteiger partial charge in [0, 0.05) is 13.0 Å². The summed E-state index contributed by atoms with van der Waals surface area (Å²) in [6, 6.07) is -0.758. The molecule has 2 aliphatic rings. The largest absolute Gasteiger partial charge is 0.394 e. The number of urea groups is 1. The van der Waals surface area contributed by atoms with Crippen molar-refractivity contribution >= 4 is 11.9 Å². The molecule has 0 aromatic carbocycles. The number of aliphatic hydroxyl groups excluding tert-OH is 2. The summed E-state index contributed by atoms with van der Waals surface area (Å²) in [5.74, 6) is -0.436. The van der Waals surface area contributed by atoms with Gasteiger partial charge in [-0.1, -0.05) is 0 Å². The zero-order chi connectivity index (χ0) is 13.5. The molecule has 7 nitrogen and oxygen atoms in total. The van der Waals surface area contributed by atoms with Gasteiger partial charge < -0.3 is 14.9 Å². The third-order valence-corrected chi connectivity index (χ3v) is 3.27. The molecular formula is C10H15FN2O5. The number of alkyl halides is 1. The van der Waals surface area contributed by atoms with Crippen molar-refractivity contribution < 1.29 is 28.9 Å². The van der Waals surface area contributed by atoms with Crippen molar-refractivity contribution in [1.82, 2.24) is 10.2 Å². The van der Waals surface area contributed by atoms with Crippen molar-refractivity contribution in [2.24, 2.45) is 0 Å². The Balaban J connectivity index is 2.18. The maximum absolute atomic E-state index is 14.4. The van der Waals surface area contributed by atoms with E-state index in [1.54, 1.807) is 0 Å². The predicted molar refractivity (Wildman–Crippen MR) is 56.1 cm³/mol. The first-order valence-electron chi connectivity index (χ1n) is 5.61. The normalized spacial score (nSPS) is 41.1. The molecule has 2 aliphatic heterocycles. The summed E-state index contributed by atoms with van der Waals surface area (Å²) in [5, 5.41) is 20.7. The molecule has 0 spiro atoms. The minimum atomic E-state index is -2.20. The van der Waals surface area contributed by atoms with Crippen molar-refractivity contribution in [3.05, 3.63) is 0 Å². The van der Waals surface area contributed by atoms with Gasteiger partial charge in [-0.05, 0) is 6.92 Å². The number of imide groups is 1. The maximum Gasteiger partial charge on any atom is 0.326 e. The lowest BCUT2D eigenvalue weighted by molar-refractivity contribution is -0.126. The van der Waals surface area contributed by atoms with E-state index >= 15 is 0 Å². The van der Waals surface area contributed by atoms with Crippen LogP contribution in [0.2, 0.25) is 0 Å². The molecule has 2 heterocycles. The van der Waals surface area contributed by atoms with Gasteiger partial charge in [-0.15, -0.1) is 0 Å². The minimum absolute atomic E-state index is 0.0136. The van der Waals surface area contributed by atoms with Crippen LogP contribution in [0, 0.1) is 0 Å². The Labute approximate surface area is 103 Å². The molecule has 0 radical (unpaired) electrons. The second-order valence-corrected chi connectivity index (χ2v) is 4.60. The number of rotatable bonds is 2. The first-order valence-corrected chi connectivity index (χ1v) is 5.61. The molecule has 18 heavy (non-hydrogen) atoms. The van der Waals surface area contributed by atoms with E-state index in [2.05, 4.69) is 0 Å². The Bertz CT molecular complexity index is 375. The molecule has 8 heteroatoms. The Morgan fingerprint density at radius 3 is 2.78 bits per heavy atom. The molecule has 0 aliphatic carbocycles. The van der Waals surface area contributed by atoms with E-state index in [9.17, 15) is 19.1 Å². The van der Waals surface area contributed by atoms with Crippen LogP contribution in [0.5, 0.6) is 0 Å². The summed E-state index contributed by atoms with van der Waals surface area (Å²) in [7, 11) is 0. The van der Waals surface area contributed by atoms with E-state index in [0.29, 0.717) is 0 Å². The Hall–Kier alpha value is -1.25. The van der Waals surface area contributed by atoms with E-state index in [0.717, 1.165) is 11.8 Å². The Morgan fingerprint density at radius 1 is 1.61 bits per heavy atom. The summed E-state index contributed by atoms with van der Waals surface area (Å²) < 4.78 is 19.5. The maximum atomic E-state index is 14.4. The molecule has 0 unspecified atom stereocenters. The summed E-state index contributed by atoms with van der Waals surface area (Å²) in [6.07, 6.45) is -3.90. The summed E-state index contributed by atoms with van der Waals surface area (Å²) >= 11 is 0. The smallest absolute Gasteiger partial charge is 0.326 e. The summed E-state index contributed by atoms with van der Waals surface area (Å²) in [5.41, 5.74) is -2.20. The number of nitrogens with one attached hydrogen (secondary N) is 1. The van der Waals surface area contributed by atoms with Crippen molar-refractivity contribution in [1.29, 1.82) is 0 Å². The fourth-order valence-corrected chi connectivity index (χ4v) is 2.20. The van der Waals surface area contributed by atoms with Gasteiger partial charge in [-0.25, -0.2) is 9.18 Å². The van der Waals surface area contributed by atoms with Gasteiger partial charge in [-0.2, -0.15) is 0 Å². The van der Waals surface area contributed by atoms with E-state index in [1.807, 2.05) is 5.32 Å². The van der Waals surface area contributed by atoms with Crippen LogP contribution in [0.4, 0.5) is 9.18 Å². The lowest BCUT2D eigenvalue weighted by atomic mass is 9.98. The monoisotopic (exact) mass is 262 g/mol. The van der Waals surface area contributed by atoms with Crippen LogP contribution >= 0.6 is 0 Å².